The summed E-state index contributed by atoms with van der Waals surface area (Å²) >= 11 is 0. The van der Waals surface area contributed by atoms with Gasteiger partial charge in [0.2, 0.25) is 0 Å². The van der Waals surface area contributed by atoms with Gasteiger partial charge in [-0.3, -0.25) is 4.98 Å². The van der Waals surface area contributed by atoms with Gasteiger partial charge in [0.05, 0.1) is 6.10 Å². The number of nitrogens with zero attached hydrogens (tertiary/aromatic N) is 1. The number of aromatic nitrogens is 1. The molecule has 1 aliphatic carbocycles. The Bertz CT molecular complexity index is 333. The van der Waals surface area contributed by atoms with E-state index < -0.39 is 0 Å². The highest BCUT2D eigenvalue weighted by molar-refractivity contribution is 5.14. The molecule has 0 spiro atoms. The summed E-state index contributed by atoms with van der Waals surface area (Å²) in [4.78, 5) is 4.52. The zero-order valence-corrected chi connectivity index (χ0v) is 10.7. The van der Waals surface area contributed by atoms with Gasteiger partial charge in [0.15, 0.2) is 0 Å². The number of hydrogen-bond acceptors (Lipinski definition) is 2. The van der Waals surface area contributed by atoms with Gasteiger partial charge in [0, 0.05) is 11.9 Å². The summed E-state index contributed by atoms with van der Waals surface area (Å²) in [6, 6.07) is 4.32. The summed E-state index contributed by atoms with van der Waals surface area (Å²) in [5.74, 6) is 0.618. The molecule has 0 aromatic carbocycles. The third-order valence-electron chi connectivity index (χ3n) is 3.80. The molecule has 1 aliphatic rings. The topological polar surface area (TPSA) is 33.1 Å². The molecule has 94 valence electrons. The van der Waals surface area contributed by atoms with E-state index in [1.54, 1.807) is 0 Å². The average Bonchev–Trinajstić information content (AvgIpc) is 2.55. The fraction of sp³-hybridized carbons (Fsp3) is 0.667. The van der Waals surface area contributed by atoms with Gasteiger partial charge in [-0.05, 0) is 49.7 Å². The predicted molar refractivity (Wildman–Crippen MR) is 69.9 cm³/mol. The fourth-order valence-corrected chi connectivity index (χ4v) is 2.70. The average molecular weight is 233 g/mol. The molecule has 2 rings (SSSR count). The van der Waals surface area contributed by atoms with Crippen LogP contribution in [0.5, 0.6) is 0 Å². The minimum atomic E-state index is -0.0857. The second-order valence-electron chi connectivity index (χ2n) is 5.26. The molecule has 1 fully saturated rings. The molecule has 0 aliphatic heterocycles. The number of aliphatic hydroxyl groups is 1. The Labute approximate surface area is 104 Å². The van der Waals surface area contributed by atoms with Crippen molar-refractivity contribution in [2.75, 3.05) is 0 Å². The lowest BCUT2D eigenvalue weighted by Crippen LogP contribution is -2.13. The lowest BCUT2D eigenvalue weighted by molar-refractivity contribution is 0.141. The standard InChI is InChI=1S/C15H23NO/c1-2-12-7-8-14(16-11-12)9-13-5-3-4-6-15(17)10-13/h7-8,11,13,15,17H,2-6,9-10H2,1H3. The molecule has 0 bridgehead atoms. The van der Waals surface area contributed by atoms with Gasteiger partial charge in [0.1, 0.15) is 0 Å². The highest BCUT2D eigenvalue weighted by Crippen LogP contribution is 2.25. The second-order valence-corrected chi connectivity index (χ2v) is 5.26. The van der Waals surface area contributed by atoms with Crippen LogP contribution in [0.15, 0.2) is 18.3 Å². The molecule has 1 saturated carbocycles. The number of aliphatic hydroxyl groups excluding tert-OH is 1. The molecular formula is C15H23NO. The van der Waals surface area contributed by atoms with Gasteiger partial charge in [-0.2, -0.15) is 0 Å². The fourth-order valence-electron chi connectivity index (χ4n) is 2.70. The number of aryl methyl sites for hydroxylation is 1. The minimum Gasteiger partial charge on any atom is -0.393 e. The van der Waals surface area contributed by atoms with Crippen LogP contribution in [0.2, 0.25) is 0 Å². The van der Waals surface area contributed by atoms with Crippen LogP contribution >= 0.6 is 0 Å². The van der Waals surface area contributed by atoms with Gasteiger partial charge in [-0.1, -0.05) is 25.8 Å². The Kier molecular flexibility index (Phi) is 4.55. The van der Waals surface area contributed by atoms with Crippen molar-refractivity contribution in [3.05, 3.63) is 29.6 Å². The highest BCUT2D eigenvalue weighted by Gasteiger charge is 2.18. The molecule has 2 atom stereocenters. The van der Waals surface area contributed by atoms with E-state index >= 15 is 0 Å². The van der Waals surface area contributed by atoms with E-state index in [0.29, 0.717) is 5.92 Å². The van der Waals surface area contributed by atoms with Gasteiger partial charge in [-0.15, -0.1) is 0 Å². The number of pyridine rings is 1. The van der Waals surface area contributed by atoms with Gasteiger partial charge in [-0.25, -0.2) is 0 Å². The van der Waals surface area contributed by atoms with Crippen molar-refractivity contribution >= 4 is 0 Å². The minimum absolute atomic E-state index is 0.0857. The molecule has 0 radical (unpaired) electrons. The maximum Gasteiger partial charge on any atom is 0.0543 e. The van der Waals surface area contributed by atoms with Crippen molar-refractivity contribution in [1.82, 2.24) is 4.98 Å². The Morgan fingerprint density at radius 2 is 2.12 bits per heavy atom. The predicted octanol–water partition coefficient (Wildman–Crippen LogP) is 3.13. The van der Waals surface area contributed by atoms with E-state index in [1.807, 2.05) is 6.20 Å². The monoisotopic (exact) mass is 233 g/mol. The lowest BCUT2D eigenvalue weighted by Gasteiger charge is -2.15. The Morgan fingerprint density at radius 3 is 2.82 bits per heavy atom. The third-order valence-corrected chi connectivity index (χ3v) is 3.80. The first-order valence-corrected chi connectivity index (χ1v) is 6.89. The summed E-state index contributed by atoms with van der Waals surface area (Å²) in [5, 5.41) is 9.80. The summed E-state index contributed by atoms with van der Waals surface area (Å²) in [7, 11) is 0. The van der Waals surface area contributed by atoms with Crippen LogP contribution in [-0.2, 0) is 12.8 Å². The van der Waals surface area contributed by atoms with Crippen molar-refractivity contribution in [1.29, 1.82) is 0 Å². The van der Waals surface area contributed by atoms with Gasteiger partial charge < -0.3 is 5.11 Å². The molecule has 2 heteroatoms. The second kappa shape index (κ2) is 6.15. The maximum absolute atomic E-state index is 9.80. The van der Waals surface area contributed by atoms with Crippen LogP contribution in [0, 0.1) is 5.92 Å². The van der Waals surface area contributed by atoms with E-state index in [1.165, 1.54) is 30.5 Å². The summed E-state index contributed by atoms with van der Waals surface area (Å²) in [6.45, 7) is 2.15. The van der Waals surface area contributed by atoms with E-state index in [0.717, 1.165) is 25.7 Å². The van der Waals surface area contributed by atoms with Gasteiger partial charge >= 0.3 is 0 Å². The van der Waals surface area contributed by atoms with Crippen molar-refractivity contribution < 1.29 is 5.11 Å². The maximum atomic E-state index is 9.80. The highest BCUT2D eigenvalue weighted by atomic mass is 16.3. The van der Waals surface area contributed by atoms with Crippen LogP contribution in [0.3, 0.4) is 0 Å². The van der Waals surface area contributed by atoms with Crippen molar-refractivity contribution in [2.24, 2.45) is 5.92 Å². The number of hydrogen-bond donors (Lipinski definition) is 1. The van der Waals surface area contributed by atoms with E-state index in [4.69, 9.17) is 0 Å². The first-order valence-electron chi connectivity index (χ1n) is 6.89. The Hall–Kier alpha value is -0.890. The summed E-state index contributed by atoms with van der Waals surface area (Å²) < 4.78 is 0. The summed E-state index contributed by atoms with van der Waals surface area (Å²) in [5.41, 5.74) is 2.48. The summed E-state index contributed by atoms with van der Waals surface area (Å²) in [6.07, 6.45) is 9.61. The van der Waals surface area contributed by atoms with Crippen LogP contribution in [0.1, 0.15) is 50.3 Å². The van der Waals surface area contributed by atoms with Crippen molar-refractivity contribution in [3.8, 4) is 0 Å². The molecule has 17 heavy (non-hydrogen) atoms. The molecule has 0 saturated heterocycles. The largest absolute Gasteiger partial charge is 0.393 e. The molecule has 1 aromatic rings. The Morgan fingerprint density at radius 1 is 1.29 bits per heavy atom. The molecule has 2 nitrogen and oxygen atoms in total. The molecule has 0 amide bonds. The van der Waals surface area contributed by atoms with E-state index in [2.05, 4.69) is 24.0 Å². The molecular weight excluding hydrogens is 210 g/mol. The quantitative estimate of drug-likeness (QED) is 0.814. The zero-order valence-electron chi connectivity index (χ0n) is 10.7. The first-order chi connectivity index (χ1) is 8.28. The Balaban J connectivity index is 1.94. The molecule has 2 unspecified atom stereocenters. The first kappa shape index (κ1) is 12.6. The van der Waals surface area contributed by atoms with E-state index in [9.17, 15) is 5.11 Å². The lowest BCUT2D eigenvalue weighted by atomic mass is 9.94. The smallest absolute Gasteiger partial charge is 0.0543 e. The van der Waals surface area contributed by atoms with Crippen LogP contribution < -0.4 is 0 Å². The zero-order chi connectivity index (χ0) is 12.1. The van der Waals surface area contributed by atoms with Crippen LogP contribution in [0.25, 0.3) is 0 Å². The molecule has 1 aromatic heterocycles. The molecule has 1 heterocycles. The van der Waals surface area contributed by atoms with E-state index in [-0.39, 0.29) is 6.10 Å². The van der Waals surface area contributed by atoms with Crippen LogP contribution in [-0.4, -0.2) is 16.2 Å². The number of rotatable bonds is 3. The normalized spacial score (nSPS) is 25.5. The third kappa shape index (κ3) is 3.81. The van der Waals surface area contributed by atoms with Crippen molar-refractivity contribution in [3.63, 3.8) is 0 Å². The molecule has 1 N–H and O–H groups in total. The van der Waals surface area contributed by atoms with Crippen molar-refractivity contribution in [2.45, 2.75) is 58.0 Å². The van der Waals surface area contributed by atoms with Gasteiger partial charge in [0.25, 0.3) is 0 Å². The van der Waals surface area contributed by atoms with Crippen LogP contribution in [0.4, 0.5) is 0 Å². The SMILES string of the molecule is CCc1ccc(CC2CCCCC(O)C2)nc1.